The van der Waals surface area contributed by atoms with Crippen LogP contribution in [0.15, 0.2) is 65.3 Å². The number of phenolic OH excluding ortho intramolecular Hbond substituents is 1. The summed E-state index contributed by atoms with van der Waals surface area (Å²) >= 11 is 0. The Morgan fingerprint density at radius 3 is 2.63 bits per heavy atom. The van der Waals surface area contributed by atoms with Gasteiger partial charge in [-0.25, -0.2) is 4.79 Å². The number of carbonyl (C=O) groups excluding carboxylic acids is 5. The Balaban J connectivity index is 1.72. The topological polar surface area (TPSA) is 135 Å². The molecule has 1 aromatic carbocycles. The van der Waals surface area contributed by atoms with E-state index < -0.39 is 41.5 Å². The van der Waals surface area contributed by atoms with Crippen molar-refractivity contribution in [3.05, 3.63) is 76.4 Å². The lowest BCUT2D eigenvalue weighted by Gasteiger charge is -2.42. The number of aromatic hydroxyl groups is 1. The Morgan fingerprint density at radius 2 is 1.94 bits per heavy atom. The Kier molecular flexibility index (Phi) is 5.20. The molecule has 4 atom stereocenters. The molecule has 178 valence electrons. The number of likely N-dealkylation sites (tertiary alicyclic amines) is 1. The highest BCUT2D eigenvalue weighted by Gasteiger charge is 2.57. The fraction of sp³-hybridized carbons (Fsp3) is 0.296. The Labute approximate surface area is 201 Å². The summed E-state index contributed by atoms with van der Waals surface area (Å²) in [6.07, 6.45) is 5.44. The van der Waals surface area contributed by atoms with Crippen LogP contribution in [-0.2, 0) is 25.6 Å². The molecule has 0 bridgehead atoms. The van der Waals surface area contributed by atoms with Crippen molar-refractivity contribution in [2.45, 2.75) is 32.1 Å². The predicted molar refractivity (Wildman–Crippen MR) is 125 cm³/mol. The van der Waals surface area contributed by atoms with E-state index in [0.717, 1.165) is 0 Å². The number of amides is 4. The van der Waals surface area contributed by atoms with E-state index in [0.29, 0.717) is 39.2 Å². The van der Waals surface area contributed by atoms with Gasteiger partial charge in [0.25, 0.3) is 0 Å². The van der Waals surface area contributed by atoms with E-state index in [1.807, 2.05) is 6.08 Å². The number of phenols is 1. The third-order valence-corrected chi connectivity index (χ3v) is 7.61. The first kappa shape index (κ1) is 22.7. The second-order valence-corrected chi connectivity index (χ2v) is 9.43. The molecular formula is C27H24N2O6. The maximum absolute atomic E-state index is 13.4. The standard InChI is InChI=1S/C27H24N2O6/c1-3-5-13-6-4-7-15(24(13)32)20-14-8-9-16-21(26(34)29(25(16)33)27(28)35)17(14)11-18-19(30)10-12(2)23(31)22(18)20/h3-4,6-8,10,16-17,20-21,32H,1,5,9,11H2,2H3,(H2,28,35). The van der Waals surface area contributed by atoms with Gasteiger partial charge >= 0.3 is 6.03 Å². The molecule has 0 radical (unpaired) electrons. The Morgan fingerprint density at radius 1 is 1.20 bits per heavy atom. The number of nitrogens with zero attached hydrogens (tertiary/aromatic N) is 1. The first-order valence-electron chi connectivity index (χ1n) is 11.5. The molecular weight excluding hydrogens is 448 g/mol. The number of imide groups is 3. The summed E-state index contributed by atoms with van der Waals surface area (Å²) in [7, 11) is 0. The van der Waals surface area contributed by atoms with E-state index >= 15 is 0 Å². The number of benzene rings is 1. The minimum atomic E-state index is -1.12. The van der Waals surface area contributed by atoms with Crippen LogP contribution in [0.25, 0.3) is 0 Å². The minimum Gasteiger partial charge on any atom is -0.507 e. The van der Waals surface area contributed by atoms with Gasteiger partial charge in [0.15, 0.2) is 11.6 Å². The number of hydrogen-bond donors (Lipinski definition) is 2. The largest absolute Gasteiger partial charge is 0.507 e. The van der Waals surface area contributed by atoms with E-state index in [9.17, 15) is 29.1 Å². The Hall–Kier alpha value is -4.07. The highest BCUT2D eigenvalue weighted by Crippen LogP contribution is 2.56. The van der Waals surface area contributed by atoms with Crippen LogP contribution in [0.1, 0.15) is 36.8 Å². The molecule has 0 spiro atoms. The van der Waals surface area contributed by atoms with Gasteiger partial charge in [0.2, 0.25) is 11.8 Å². The summed E-state index contributed by atoms with van der Waals surface area (Å²) < 4.78 is 0. The van der Waals surface area contributed by atoms with Gasteiger partial charge in [-0.05, 0) is 43.7 Å². The molecule has 0 saturated carbocycles. The van der Waals surface area contributed by atoms with Crippen molar-refractivity contribution < 1.29 is 29.1 Å². The molecule has 0 aromatic heterocycles. The number of allylic oxidation sites excluding steroid dienone is 7. The summed E-state index contributed by atoms with van der Waals surface area (Å²) in [6, 6.07) is 4.10. The minimum absolute atomic E-state index is 0.00651. The van der Waals surface area contributed by atoms with E-state index in [2.05, 4.69) is 6.58 Å². The summed E-state index contributed by atoms with van der Waals surface area (Å²) in [5.74, 6) is -4.94. The van der Waals surface area contributed by atoms with E-state index in [1.165, 1.54) is 6.08 Å². The summed E-state index contributed by atoms with van der Waals surface area (Å²) in [5.41, 5.74) is 7.96. The highest BCUT2D eigenvalue weighted by atomic mass is 16.3. The van der Waals surface area contributed by atoms with Gasteiger partial charge in [-0.15, -0.1) is 6.58 Å². The average molecular weight is 472 g/mol. The molecule has 3 N–H and O–H groups in total. The highest BCUT2D eigenvalue weighted by molar-refractivity contribution is 6.24. The molecule has 8 heteroatoms. The number of Topliss-reactive ketones (excluding diaryl/α,β-unsaturated/α-hetero) is 1. The van der Waals surface area contributed by atoms with Crippen molar-refractivity contribution in [3.63, 3.8) is 0 Å². The number of ketones is 2. The lowest BCUT2D eigenvalue weighted by atomic mass is 9.59. The SMILES string of the molecule is C=CCc1cccc(C2C3=CCC4C(=O)N(C(N)=O)C(=O)C4C3CC3=C2C(=O)C(C)=CC3=O)c1O. The molecule has 1 fully saturated rings. The zero-order valence-electron chi connectivity index (χ0n) is 19.1. The number of nitrogens with two attached hydrogens (primary N) is 1. The van der Waals surface area contributed by atoms with Crippen LogP contribution in [0, 0.1) is 17.8 Å². The fourth-order valence-corrected chi connectivity index (χ4v) is 6.10. The number of primary amides is 1. The number of rotatable bonds is 3. The summed E-state index contributed by atoms with van der Waals surface area (Å²) in [5, 5.41) is 11.2. The summed E-state index contributed by atoms with van der Waals surface area (Å²) in [4.78, 5) is 64.8. The zero-order valence-corrected chi connectivity index (χ0v) is 19.1. The maximum atomic E-state index is 13.4. The van der Waals surface area contributed by atoms with Crippen molar-refractivity contribution >= 4 is 29.4 Å². The number of fused-ring (bicyclic) bond motifs is 3. The quantitative estimate of drug-likeness (QED) is 0.394. The van der Waals surface area contributed by atoms with Gasteiger partial charge in [-0.1, -0.05) is 35.9 Å². The normalized spacial score (nSPS) is 27.7. The maximum Gasteiger partial charge on any atom is 0.328 e. The molecule has 1 aliphatic heterocycles. The lowest BCUT2D eigenvalue weighted by Crippen LogP contribution is -2.42. The first-order chi connectivity index (χ1) is 16.7. The molecule has 8 nitrogen and oxygen atoms in total. The van der Waals surface area contributed by atoms with Crippen molar-refractivity contribution in [1.29, 1.82) is 0 Å². The first-order valence-corrected chi connectivity index (χ1v) is 11.5. The van der Waals surface area contributed by atoms with Crippen molar-refractivity contribution in [1.82, 2.24) is 4.90 Å². The van der Waals surface area contributed by atoms with Crippen molar-refractivity contribution in [2.24, 2.45) is 23.5 Å². The van der Waals surface area contributed by atoms with Crippen molar-refractivity contribution in [2.75, 3.05) is 0 Å². The second-order valence-electron chi connectivity index (χ2n) is 9.43. The number of urea groups is 1. The van der Waals surface area contributed by atoms with Crippen LogP contribution in [-0.4, -0.2) is 39.4 Å². The van der Waals surface area contributed by atoms with Crippen LogP contribution in [0.2, 0.25) is 0 Å². The lowest BCUT2D eigenvalue weighted by molar-refractivity contribution is -0.136. The second kappa shape index (κ2) is 8.01. The number of para-hydroxylation sites is 1. The van der Waals surface area contributed by atoms with E-state index in [-0.39, 0.29) is 35.7 Å². The molecule has 5 rings (SSSR count). The van der Waals surface area contributed by atoms with Crippen LogP contribution >= 0.6 is 0 Å². The molecule has 1 heterocycles. The number of hydrogen-bond acceptors (Lipinski definition) is 6. The van der Waals surface area contributed by atoms with Crippen molar-refractivity contribution in [3.8, 4) is 5.75 Å². The number of carbonyl (C=O) groups is 5. The molecule has 4 amide bonds. The van der Waals surface area contributed by atoms with Gasteiger partial charge in [0.1, 0.15) is 5.75 Å². The van der Waals surface area contributed by atoms with Gasteiger partial charge in [-0.2, -0.15) is 4.90 Å². The molecule has 1 saturated heterocycles. The molecule has 3 aliphatic carbocycles. The van der Waals surface area contributed by atoms with Gasteiger partial charge in [-0.3, -0.25) is 19.2 Å². The Bertz CT molecular complexity index is 1350. The van der Waals surface area contributed by atoms with E-state index in [4.69, 9.17) is 5.73 Å². The molecule has 35 heavy (non-hydrogen) atoms. The van der Waals surface area contributed by atoms with Crippen LogP contribution in [0.4, 0.5) is 4.79 Å². The van der Waals surface area contributed by atoms with E-state index in [1.54, 1.807) is 31.2 Å². The third kappa shape index (κ3) is 3.16. The van der Waals surface area contributed by atoms with Gasteiger partial charge < -0.3 is 10.8 Å². The monoisotopic (exact) mass is 472 g/mol. The van der Waals surface area contributed by atoms with Gasteiger partial charge in [0.05, 0.1) is 11.8 Å². The molecule has 1 aromatic rings. The third-order valence-electron chi connectivity index (χ3n) is 7.61. The van der Waals surface area contributed by atoms with Crippen LogP contribution in [0.3, 0.4) is 0 Å². The average Bonchev–Trinajstić information content (AvgIpc) is 3.08. The van der Waals surface area contributed by atoms with Gasteiger partial charge in [0, 0.05) is 28.2 Å². The molecule has 4 unspecified atom stereocenters. The predicted octanol–water partition coefficient (Wildman–Crippen LogP) is 2.63. The van der Waals surface area contributed by atoms with Crippen LogP contribution < -0.4 is 5.73 Å². The zero-order chi connectivity index (χ0) is 25.2. The van der Waals surface area contributed by atoms with Crippen LogP contribution in [0.5, 0.6) is 5.75 Å². The fourth-order valence-electron chi connectivity index (χ4n) is 6.10. The smallest absolute Gasteiger partial charge is 0.328 e. The molecule has 4 aliphatic rings. The summed E-state index contributed by atoms with van der Waals surface area (Å²) in [6.45, 7) is 5.31.